The Morgan fingerprint density at radius 2 is 2.00 bits per heavy atom. The second-order valence-electron chi connectivity index (χ2n) is 4.70. The Hall–Kier alpha value is -2.76. The summed E-state index contributed by atoms with van der Waals surface area (Å²) < 4.78 is 0. The molecule has 21 heavy (non-hydrogen) atoms. The van der Waals surface area contributed by atoms with E-state index >= 15 is 0 Å². The molecular formula is C15H14N2O4. The number of rotatable bonds is 5. The summed E-state index contributed by atoms with van der Waals surface area (Å²) in [5, 5.41) is 20.6. The highest BCUT2D eigenvalue weighted by atomic mass is 16.6. The Bertz CT molecular complexity index is 671. The lowest BCUT2D eigenvalue weighted by Crippen LogP contribution is -2.18. The lowest BCUT2D eigenvalue weighted by Gasteiger charge is -2.13. The van der Waals surface area contributed by atoms with E-state index in [2.05, 4.69) is 4.98 Å². The van der Waals surface area contributed by atoms with Crippen LogP contribution in [0.5, 0.6) is 0 Å². The SMILES string of the molecule is Cc1ccnc(C(Cc2ccccc2)C(=O)O)c1[N+](=O)[O-]. The maximum atomic E-state index is 11.5. The number of carboxylic acids is 1. The highest BCUT2D eigenvalue weighted by Crippen LogP contribution is 2.30. The summed E-state index contributed by atoms with van der Waals surface area (Å²) in [7, 11) is 0. The smallest absolute Gasteiger partial charge is 0.313 e. The maximum absolute atomic E-state index is 11.5. The van der Waals surface area contributed by atoms with Crippen molar-refractivity contribution in [3.05, 3.63) is 69.5 Å². The van der Waals surface area contributed by atoms with Gasteiger partial charge in [0, 0.05) is 11.8 Å². The first kappa shape index (κ1) is 14.6. The number of carboxylic acid groups (broad SMARTS) is 1. The average molecular weight is 286 g/mol. The predicted octanol–water partition coefficient (Wildman–Crippen LogP) is 2.71. The monoisotopic (exact) mass is 286 g/mol. The van der Waals surface area contributed by atoms with Crippen molar-refractivity contribution in [3.8, 4) is 0 Å². The van der Waals surface area contributed by atoms with Gasteiger partial charge in [-0.25, -0.2) is 0 Å². The van der Waals surface area contributed by atoms with Crippen LogP contribution in [0.15, 0.2) is 42.6 Å². The molecule has 0 saturated heterocycles. The molecule has 0 aliphatic heterocycles. The normalized spacial score (nSPS) is 11.9. The molecule has 1 N–H and O–H groups in total. The van der Waals surface area contributed by atoms with Gasteiger partial charge in [-0.15, -0.1) is 0 Å². The van der Waals surface area contributed by atoms with Gasteiger partial charge in [0.1, 0.15) is 11.6 Å². The van der Waals surface area contributed by atoms with Crippen molar-refractivity contribution in [1.29, 1.82) is 0 Å². The maximum Gasteiger partial charge on any atom is 0.313 e. The fourth-order valence-electron chi connectivity index (χ4n) is 2.21. The number of nitro groups is 1. The average Bonchev–Trinajstić information content (AvgIpc) is 2.45. The van der Waals surface area contributed by atoms with Crippen molar-refractivity contribution in [2.75, 3.05) is 0 Å². The van der Waals surface area contributed by atoms with E-state index in [1.54, 1.807) is 31.2 Å². The van der Waals surface area contributed by atoms with E-state index in [0.29, 0.717) is 5.56 Å². The molecule has 1 heterocycles. The van der Waals surface area contributed by atoms with E-state index in [-0.39, 0.29) is 17.8 Å². The number of hydrogen-bond donors (Lipinski definition) is 1. The van der Waals surface area contributed by atoms with Crippen LogP contribution in [0.3, 0.4) is 0 Å². The third-order valence-corrected chi connectivity index (χ3v) is 3.25. The van der Waals surface area contributed by atoms with E-state index < -0.39 is 16.8 Å². The highest BCUT2D eigenvalue weighted by Gasteiger charge is 2.30. The molecule has 0 amide bonds. The Morgan fingerprint density at radius 1 is 1.33 bits per heavy atom. The van der Waals surface area contributed by atoms with Gasteiger partial charge in [-0.05, 0) is 25.0 Å². The van der Waals surface area contributed by atoms with Crippen LogP contribution < -0.4 is 0 Å². The van der Waals surface area contributed by atoms with Crippen LogP contribution in [0.25, 0.3) is 0 Å². The van der Waals surface area contributed by atoms with E-state index in [1.165, 1.54) is 12.3 Å². The second kappa shape index (κ2) is 6.13. The standard InChI is InChI=1S/C15H14N2O4/c1-10-7-8-16-13(14(10)17(20)21)12(15(18)19)9-11-5-3-2-4-6-11/h2-8,12H,9H2,1H3,(H,18,19). The largest absolute Gasteiger partial charge is 0.481 e. The number of aliphatic carboxylic acids is 1. The summed E-state index contributed by atoms with van der Waals surface area (Å²) in [5.74, 6) is -2.17. The van der Waals surface area contributed by atoms with Crippen molar-refractivity contribution in [2.24, 2.45) is 0 Å². The summed E-state index contributed by atoms with van der Waals surface area (Å²) in [6, 6.07) is 10.5. The van der Waals surface area contributed by atoms with E-state index in [0.717, 1.165) is 5.56 Å². The molecule has 0 bridgehead atoms. The van der Waals surface area contributed by atoms with E-state index in [4.69, 9.17) is 0 Å². The summed E-state index contributed by atoms with van der Waals surface area (Å²) in [6.45, 7) is 1.57. The van der Waals surface area contributed by atoms with Crippen LogP contribution >= 0.6 is 0 Å². The molecule has 0 spiro atoms. The number of aryl methyl sites for hydroxylation is 1. The van der Waals surface area contributed by atoms with Crippen LogP contribution in [0, 0.1) is 17.0 Å². The van der Waals surface area contributed by atoms with Gasteiger partial charge < -0.3 is 5.11 Å². The first-order valence-corrected chi connectivity index (χ1v) is 6.37. The predicted molar refractivity (Wildman–Crippen MR) is 76.2 cm³/mol. The van der Waals surface area contributed by atoms with Gasteiger partial charge in [-0.1, -0.05) is 30.3 Å². The Labute approximate surface area is 121 Å². The van der Waals surface area contributed by atoms with Crippen molar-refractivity contribution >= 4 is 11.7 Å². The Kier molecular flexibility index (Phi) is 4.27. The van der Waals surface area contributed by atoms with Gasteiger partial charge in [0.15, 0.2) is 0 Å². The number of benzene rings is 1. The fraction of sp³-hybridized carbons (Fsp3) is 0.200. The summed E-state index contributed by atoms with van der Waals surface area (Å²) >= 11 is 0. The highest BCUT2D eigenvalue weighted by molar-refractivity contribution is 5.77. The molecule has 1 aromatic carbocycles. The number of aromatic nitrogens is 1. The molecule has 1 aromatic heterocycles. The van der Waals surface area contributed by atoms with Crippen molar-refractivity contribution in [2.45, 2.75) is 19.3 Å². The number of nitrogens with zero attached hydrogens (tertiary/aromatic N) is 2. The minimum Gasteiger partial charge on any atom is -0.481 e. The minimum atomic E-state index is -1.12. The molecule has 0 saturated carbocycles. The topological polar surface area (TPSA) is 93.3 Å². The van der Waals surface area contributed by atoms with Crippen LogP contribution in [0.1, 0.15) is 22.7 Å². The molecule has 6 nitrogen and oxygen atoms in total. The quantitative estimate of drug-likeness (QED) is 0.673. The Morgan fingerprint density at radius 3 is 2.57 bits per heavy atom. The number of pyridine rings is 1. The summed E-state index contributed by atoms with van der Waals surface area (Å²) in [4.78, 5) is 26.1. The number of carbonyl (C=O) groups is 1. The lowest BCUT2D eigenvalue weighted by molar-refractivity contribution is -0.386. The molecular weight excluding hydrogens is 272 g/mol. The van der Waals surface area contributed by atoms with Crippen molar-refractivity contribution in [3.63, 3.8) is 0 Å². The van der Waals surface area contributed by atoms with Crippen LogP contribution in [0.4, 0.5) is 5.69 Å². The third-order valence-electron chi connectivity index (χ3n) is 3.25. The fourth-order valence-corrected chi connectivity index (χ4v) is 2.21. The Balaban J connectivity index is 2.47. The molecule has 6 heteroatoms. The molecule has 1 atom stereocenters. The van der Waals surface area contributed by atoms with Crippen molar-refractivity contribution in [1.82, 2.24) is 4.98 Å². The lowest BCUT2D eigenvalue weighted by atomic mass is 9.94. The van der Waals surface area contributed by atoms with E-state index in [1.807, 2.05) is 6.07 Å². The van der Waals surface area contributed by atoms with Crippen molar-refractivity contribution < 1.29 is 14.8 Å². The molecule has 0 fully saturated rings. The van der Waals surface area contributed by atoms with Gasteiger partial charge in [0.05, 0.1) is 4.92 Å². The van der Waals surface area contributed by atoms with Crippen LogP contribution in [-0.2, 0) is 11.2 Å². The van der Waals surface area contributed by atoms with Crippen LogP contribution in [-0.4, -0.2) is 21.0 Å². The first-order chi connectivity index (χ1) is 10.0. The summed E-state index contributed by atoms with van der Waals surface area (Å²) in [6.07, 6.45) is 1.56. The zero-order valence-electron chi connectivity index (χ0n) is 11.4. The van der Waals surface area contributed by atoms with Gasteiger partial charge in [0.2, 0.25) is 0 Å². The van der Waals surface area contributed by atoms with Gasteiger partial charge in [0.25, 0.3) is 5.69 Å². The molecule has 2 aromatic rings. The van der Waals surface area contributed by atoms with Gasteiger partial charge in [-0.2, -0.15) is 0 Å². The zero-order chi connectivity index (χ0) is 15.4. The molecule has 1 unspecified atom stereocenters. The molecule has 0 aliphatic carbocycles. The minimum absolute atomic E-state index is 0.00338. The molecule has 108 valence electrons. The molecule has 0 aliphatic rings. The van der Waals surface area contributed by atoms with Crippen LogP contribution in [0.2, 0.25) is 0 Å². The van der Waals surface area contributed by atoms with E-state index in [9.17, 15) is 20.0 Å². The van der Waals surface area contributed by atoms with Gasteiger partial charge in [-0.3, -0.25) is 19.9 Å². The second-order valence-corrected chi connectivity index (χ2v) is 4.70. The zero-order valence-corrected chi connectivity index (χ0v) is 11.4. The molecule has 0 radical (unpaired) electrons. The molecule has 2 rings (SSSR count). The third kappa shape index (κ3) is 3.22. The summed E-state index contributed by atoms with van der Waals surface area (Å²) in [5.41, 5.74) is 0.976. The first-order valence-electron chi connectivity index (χ1n) is 6.37. The van der Waals surface area contributed by atoms with Gasteiger partial charge >= 0.3 is 5.97 Å². The number of hydrogen-bond acceptors (Lipinski definition) is 4.